The van der Waals surface area contributed by atoms with Crippen LogP contribution in [0.4, 0.5) is 5.69 Å². The van der Waals surface area contributed by atoms with E-state index < -0.39 is 0 Å². The second-order valence-electron chi connectivity index (χ2n) is 8.26. The molecule has 2 aliphatic rings. The zero-order valence-corrected chi connectivity index (χ0v) is 15.3. The van der Waals surface area contributed by atoms with Gasteiger partial charge in [-0.25, -0.2) is 0 Å². The highest BCUT2D eigenvalue weighted by Gasteiger charge is 2.26. The Hall–Kier alpha value is -1.55. The highest BCUT2D eigenvalue weighted by Crippen LogP contribution is 2.26. The van der Waals surface area contributed by atoms with Gasteiger partial charge in [-0.2, -0.15) is 0 Å². The molecule has 4 heteroatoms. The van der Waals surface area contributed by atoms with E-state index in [-0.39, 0.29) is 17.2 Å². The highest BCUT2D eigenvalue weighted by molar-refractivity contribution is 5.79. The maximum absolute atomic E-state index is 12.2. The minimum absolute atomic E-state index is 0.174. The first-order chi connectivity index (χ1) is 11.4. The SMILES string of the molecule is CC(C)(C)c1ccc(N2CCC(NC(=O)C3CCNC3)CC2)cc1. The second-order valence-corrected chi connectivity index (χ2v) is 8.26. The van der Waals surface area contributed by atoms with E-state index in [4.69, 9.17) is 0 Å². The van der Waals surface area contributed by atoms with Crippen LogP contribution in [-0.2, 0) is 10.2 Å². The van der Waals surface area contributed by atoms with Gasteiger partial charge in [-0.1, -0.05) is 32.9 Å². The Morgan fingerprint density at radius 1 is 1.12 bits per heavy atom. The third-order valence-electron chi connectivity index (χ3n) is 5.37. The van der Waals surface area contributed by atoms with Gasteiger partial charge in [0.1, 0.15) is 0 Å². The van der Waals surface area contributed by atoms with Gasteiger partial charge in [0.05, 0.1) is 5.92 Å². The van der Waals surface area contributed by atoms with Crippen LogP contribution >= 0.6 is 0 Å². The summed E-state index contributed by atoms with van der Waals surface area (Å²) in [7, 11) is 0. The monoisotopic (exact) mass is 329 g/mol. The van der Waals surface area contributed by atoms with Gasteiger partial charge in [0.25, 0.3) is 0 Å². The number of benzene rings is 1. The maximum atomic E-state index is 12.2. The molecule has 0 bridgehead atoms. The average molecular weight is 329 g/mol. The lowest BCUT2D eigenvalue weighted by Crippen LogP contribution is -2.46. The molecule has 0 spiro atoms. The average Bonchev–Trinajstić information content (AvgIpc) is 3.09. The molecule has 3 rings (SSSR count). The number of piperidine rings is 1. The molecule has 1 amide bonds. The lowest BCUT2D eigenvalue weighted by Gasteiger charge is -2.34. The zero-order valence-electron chi connectivity index (χ0n) is 15.3. The summed E-state index contributed by atoms with van der Waals surface area (Å²) in [4.78, 5) is 14.7. The summed E-state index contributed by atoms with van der Waals surface area (Å²) in [6.07, 6.45) is 3.05. The quantitative estimate of drug-likeness (QED) is 0.896. The minimum Gasteiger partial charge on any atom is -0.371 e. The summed E-state index contributed by atoms with van der Waals surface area (Å²) < 4.78 is 0. The summed E-state index contributed by atoms with van der Waals surface area (Å²) in [6, 6.07) is 9.31. The van der Waals surface area contributed by atoms with Crippen LogP contribution in [0.5, 0.6) is 0 Å². The third kappa shape index (κ3) is 4.10. The van der Waals surface area contributed by atoms with Gasteiger partial charge in [0.15, 0.2) is 0 Å². The molecule has 0 radical (unpaired) electrons. The van der Waals surface area contributed by atoms with Gasteiger partial charge in [-0.15, -0.1) is 0 Å². The maximum Gasteiger partial charge on any atom is 0.224 e. The molecule has 2 heterocycles. The molecular formula is C20H31N3O. The normalized spacial score (nSPS) is 22.6. The van der Waals surface area contributed by atoms with Crippen molar-refractivity contribution in [1.29, 1.82) is 0 Å². The first-order valence-electron chi connectivity index (χ1n) is 9.30. The fourth-order valence-corrected chi connectivity index (χ4v) is 3.65. The van der Waals surface area contributed by atoms with Gasteiger partial charge < -0.3 is 15.5 Å². The molecule has 0 aliphatic carbocycles. The summed E-state index contributed by atoms with van der Waals surface area (Å²) in [5.74, 6) is 0.418. The number of nitrogens with zero attached hydrogens (tertiary/aromatic N) is 1. The number of amides is 1. The first-order valence-corrected chi connectivity index (χ1v) is 9.30. The highest BCUT2D eigenvalue weighted by atomic mass is 16.2. The van der Waals surface area contributed by atoms with Crippen LogP contribution in [0.25, 0.3) is 0 Å². The molecule has 1 aromatic rings. The van der Waals surface area contributed by atoms with Crippen LogP contribution in [0.1, 0.15) is 45.6 Å². The van der Waals surface area contributed by atoms with Crippen LogP contribution in [0.2, 0.25) is 0 Å². The van der Waals surface area contributed by atoms with E-state index in [1.54, 1.807) is 0 Å². The fourth-order valence-electron chi connectivity index (χ4n) is 3.65. The van der Waals surface area contributed by atoms with Crippen molar-refractivity contribution in [2.75, 3.05) is 31.1 Å². The lowest BCUT2D eigenvalue weighted by molar-refractivity contribution is -0.125. The molecule has 2 saturated heterocycles. The molecule has 2 N–H and O–H groups in total. The van der Waals surface area contributed by atoms with Crippen LogP contribution in [0, 0.1) is 5.92 Å². The second kappa shape index (κ2) is 7.14. The first kappa shape index (κ1) is 17.3. The van der Waals surface area contributed by atoms with E-state index in [1.165, 1.54) is 11.3 Å². The predicted molar refractivity (Wildman–Crippen MR) is 99.5 cm³/mol. The largest absolute Gasteiger partial charge is 0.371 e. The van der Waals surface area contributed by atoms with Crippen molar-refractivity contribution in [3.05, 3.63) is 29.8 Å². The predicted octanol–water partition coefficient (Wildman–Crippen LogP) is 2.68. The Morgan fingerprint density at radius 2 is 1.79 bits per heavy atom. The van der Waals surface area contributed by atoms with Gasteiger partial charge in [0.2, 0.25) is 5.91 Å². The van der Waals surface area contributed by atoms with Crippen molar-refractivity contribution in [1.82, 2.24) is 10.6 Å². The van der Waals surface area contributed by atoms with Gasteiger partial charge in [0, 0.05) is 31.4 Å². The van der Waals surface area contributed by atoms with Crippen molar-refractivity contribution < 1.29 is 4.79 Å². The number of hydrogen-bond donors (Lipinski definition) is 2. The van der Waals surface area contributed by atoms with Crippen LogP contribution < -0.4 is 15.5 Å². The Kier molecular flexibility index (Phi) is 5.14. The van der Waals surface area contributed by atoms with E-state index in [0.29, 0.717) is 6.04 Å². The number of carbonyl (C=O) groups is 1. The van der Waals surface area contributed by atoms with Gasteiger partial charge >= 0.3 is 0 Å². The van der Waals surface area contributed by atoms with Crippen molar-refractivity contribution in [2.24, 2.45) is 5.92 Å². The molecule has 132 valence electrons. The van der Waals surface area contributed by atoms with E-state index in [2.05, 4.69) is 60.6 Å². The molecule has 1 aromatic carbocycles. The smallest absolute Gasteiger partial charge is 0.224 e. The molecule has 4 nitrogen and oxygen atoms in total. The van der Waals surface area contributed by atoms with Gasteiger partial charge in [-0.3, -0.25) is 4.79 Å². The van der Waals surface area contributed by atoms with Crippen molar-refractivity contribution in [3.63, 3.8) is 0 Å². The zero-order chi connectivity index (χ0) is 17.2. The van der Waals surface area contributed by atoms with Crippen molar-refractivity contribution in [3.8, 4) is 0 Å². The van der Waals surface area contributed by atoms with Crippen LogP contribution in [0.3, 0.4) is 0 Å². The number of carbonyl (C=O) groups excluding carboxylic acids is 1. The Labute approximate surface area is 146 Å². The number of hydrogen-bond acceptors (Lipinski definition) is 3. The van der Waals surface area contributed by atoms with Crippen molar-refractivity contribution in [2.45, 2.75) is 51.5 Å². The summed E-state index contributed by atoms with van der Waals surface area (Å²) in [5, 5.41) is 6.52. The Morgan fingerprint density at radius 3 is 2.33 bits per heavy atom. The Bertz CT molecular complexity index is 547. The molecular weight excluding hydrogens is 298 g/mol. The van der Waals surface area contributed by atoms with E-state index in [9.17, 15) is 4.79 Å². The summed E-state index contributed by atoms with van der Waals surface area (Å²) in [6.45, 7) is 10.6. The van der Waals surface area contributed by atoms with E-state index in [1.807, 2.05) is 0 Å². The molecule has 0 saturated carbocycles. The van der Waals surface area contributed by atoms with E-state index >= 15 is 0 Å². The molecule has 2 aliphatic heterocycles. The standard InChI is InChI=1S/C20H31N3O/c1-20(2,3)16-4-6-18(7-5-16)23-12-9-17(10-13-23)22-19(24)15-8-11-21-14-15/h4-7,15,17,21H,8-14H2,1-3H3,(H,22,24). The van der Waals surface area contributed by atoms with E-state index in [0.717, 1.165) is 45.4 Å². The lowest BCUT2D eigenvalue weighted by atomic mass is 9.87. The number of nitrogens with one attached hydrogen (secondary N) is 2. The molecule has 2 fully saturated rings. The summed E-state index contributed by atoms with van der Waals surface area (Å²) in [5.41, 5.74) is 2.87. The van der Waals surface area contributed by atoms with Crippen LogP contribution in [-0.4, -0.2) is 38.1 Å². The molecule has 1 atom stereocenters. The fraction of sp³-hybridized carbons (Fsp3) is 0.650. The molecule has 24 heavy (non-hydrogen) atoms. The topological polar surface area (TPSA) is 44.4 Å². The number of anilines is 1. The minimum atomic E-state index is 0.174. The summed E-state index contributed by atoms with van der Waals surface area (Å²) >= 11 is 0. The van der Waals surface area contributed by atoms with Crippen LogP contribution in [0.15, 0.2) is 24.3 Å². The Balaban J connectivity index is 1.50. The number of rotatable bonds is 3. The third-order valence-corrected chi connectivity index (χ3v) is 5.37. The molecule has 1 unspecified atom stereocenters. The van der Waals surface area contributed by atoms with Crippen molar-refractivity contribution >= 4 is 11.6 Å². The van der Waals surface area contributed by atoms with Gasteiger partial charge in [-0.05, 0) is 48.9 Å². The molecule has 0 aromatic heterocycles.